The van der Waals surface area contributed by atoms with Gasteiger partial charge in [0.1, 0.15) is 5.01 Å². The van der Waals surface area contributed by atoms with E-state index in [2.05, 4.69) is 20.4 Å². The van der Waals surface area contributed by atoms with Crippen molar-refractivity contribution in [3.05, 3.63) is 39.8 Å². The summed E-state index contributed by atoms with van der Waals surface area (Å²) in [5, 5.41) is 7.61. The highest BCUT2D eigenvalue weighted by Gasteiger charge is 2.18. The van der Waals surface area contributed by atoms with Crippen LogP contribution in [0.3, 0.4) is 0 Å². The summed E-state index contributed by atoms with van der Waals surface area (Å²) in [6, 6.07) is 3.27. The van der Waals surface area contributed by atoms with Crippen molar-refractivity contribution >= 4 is 17.4 Å². The van der Waals surface area contributed by atoms with Crippen molar-refractivity contribution < 1.29 is 13.7 Å². The van der Waals surface area contributed by atoms with Gasteiger partial charge in [0, 0.05) is 11.9 Å². The lowest BCUT2D eigenvalue weighted by Crippen LogP contribution is -2.36. The number of carbonyl (C=O) groups excluding carboxylic acids is 1. The van der Waals surface area contributed by atoms with Crippen LogP contribution in [0.15, 0.2) is 27.3 Å². The Bertz CT molecular complexity index is 863. The molecule has 2 amide bonds. The van der Waals surface area contributed by atoms with E-state index in [0.29, 0.717) is 24.0 Å². The Morgan fingerprint density at radius 1 is 1.35 bits per heavy atom. The number of aryl methyl sites for hydroxylation is 2. The Hall–Kier alpha value is -2.68. The first-order chi connectivity index (χ1) is 12.7. The predicted molar refractivity (Wildman–Crippen MR) is 94.5 cm³/mol. The average molecular weight is 373 g/mol. The number of hydrogen-bond acceptors (Lipinski definition) is 7. The lowest BCUT2D eigenvalue weighted by molar-refractivity contribution is 0.206. The van der Waals surface area contributed by atoms with Crippen LogP contribution in [0.25, 0.3) is 11.7 Å². The van der Waals surface area contributed by atoms with Crippen LogP contribution >= 0.6 is 11.3 Å². The van der Waals surface area contributed by atoms with E-state index in [1.54, 1.807) is 35.4 Å². The Kier molecular flexibility index (Phi) is 4.70. The predicted octanol–water partition coefficient (Wildman–Crippen LogP) is 3.01. The molecule has 0 saturated heterocycles. The second-order valence-corrected chi connectivity index (χ2v) is 7.36. The van der Waals surface area contributed by atoms with Crippen molar-refractivity contribution in [3.63, 3.8) is 0 Å². The van der Waals surface area contributed by atoms with E-state index in [1.807, 2.05) is 0 Å². The summed E-state index contributed by atoms with van der Waals surface area (Å²) in [6.07, 6.45) is 6.13. The minimum Gasteiger partial charge on any atom is -0.459 e. The van der Waals surface area contributed by atoms with Gasteiger partial charge in [-0.15, -0.1) is 11.3 Å². The van der Waals surface area contributed by atoms with E-state index in [1.165, 1.54) is 29.7 Å². The zero-order chi connectivity index (χ0) is 17.9. The normalized spacial score (nSPS) is 13.4. The Morgan fingerprint density at radius 2 is 2.23 bits per heavy atom. The zero-order valence-electron chi connectivity index (χ0n) is 14.4. The monoisotopic (exact) mass is 373 g/mol. The van der Waals surface area contributed by atoms with Crippen LogP contribution in [-0.4, -0.2) is 33.1 Å². The molecule has 0 unspecified atom stereocenters. The van der Waals surface area contributed by atoms with Crippen LogP contribution in [0.5, 0.6) is 0 Å². The Balaban J connectivity index is 1.31. The van der Waals surface area contributed by atoms with Crippen molar-refractivity contribution in [1.82, 2.24) is 25.3 Å². The maximum atomic E-state index is 12.3. The van der Waals surface area contributed by atoms with Gasteiger partial charge in [0.05, 0.1) is 25.0 Å². The highest BCUT2D eigenvalue weighted by Crippen LogP contribution is 2.27. The van der Waals surface area contributed by atoms with Crippen molar-refractivity contribution in [2.45, 2.75) is 38.8 Å². The average Bonchev–Trinajstić information content (AvgIpc) is 3.38. The van der Waals surface area contributed by atoms with Crippen molar-refractivity contribution in [1.29, 1.82) is 0 Å². The third-order valence-corrected chi connectivity index (χ3v) is 5.35. The van der Waals surface area contributed by atoms with E-state index >= 15 is 0 Å². The third-order valence-electron chi connectivity index (χ3n) is 4.21. The SMILES string of the molecule is CN(Cc1nc2c(s1)CCCC2)C(=O)NCc1noc(-c2ccco2)n1. The number of amides is 2. The zero-order valence-corrected chi connectivity index (χ0v) is 15.2. The minimum atomic E-state index is -0.206. The number of aromatic nitrogens is 3. The molecule has 0 radical (unpaired) electrons. The third kappa shape index (κ3) is 3.62. The first-order valence-corrected chi connectivity index (χ1v) is 9.33. The Morgan fingerprint density at radius 3 is 3.04 bits per heavy atom. The molecule has 4 rings (SSSR count). The van der Waals surface area contributed by atoms with Crippen LogP contribution in [0.2, 0.25) is 0 Å². The molecule has 1 aliphatic rings. The Labute approximate surface area is 154 Å². The summed E-state index contributed by atoms with van der Waals surface area (Å²) in [5.74, 6) is 1.18. The second kappa shape index (κ2) is 7.28. The molecule has 3 aromatic rings. The summed E-state index contributed by atoms with van der Waals surface area (Å²) in [7, 11) is 1.75. The lowest BCUT2D eigenvalue weighted by Gasteiger charge is -2.15. The lowest BCUT2D eigenvalue weighted by atomic mass is 10.0. The van der Waals surface area contributed by atoms with Crippen molar-refractivity contribution in [2.75, 3.05) is 7.05 Å². The van der Waals surface area contributed by atoms with E-state index < -0.39 is 0 Å². The minimum absolute atomic E-state index is 0.182. The maximum absolute atomic E-state index is 12.3. The molecule has 0 atom stereocenters. The van der Waals surface area contributed by atoms with Gasteiger partial charge in [0.25, 0.3) is 5.89 Å². The van der Waals surface area contributed by atoms with Gasteiger partial charge in [-0.05, 0) is 37.8 Å². The number of thiazole rings is 1. The molecule has 1 aliphatic carbocycles. The van der Waals surface area contributed by atoms with Crippen LogP contribution in [0.1, 0.15) is 34.2 Å². The number of urea groups is 1. The fourth-order valence-electron chi connectivity index (χ4n) is 2.86. The van der Waals surface area contributed by atoms with E-state index in [0.717, 1.165) is 17.8 Å². The molecule has 26 heavy (non-hydrogen) atoms. The number of nitrogens with one attached hydrogen (secondary N) is 1. The molecule has 136 valence electrons. The molecule has 3 aromatic heterocycles. The molecule has 1 N–H and O–H groups in total. The topological polar surface area (TPSA) is 97.3 Å². The highest BCUT2D eigenvalue weighted by atomic mass is 32.1. The van der Waals surface area contributed by atoms with Crippen molar-refractivity contribution in [3.8, 4) is 11.7 Å². The highest BCUT2D eigenvalue weighted by molar-refractivity contribution is 7.11. The van der Waals surface area contributed by atoms with Gasteiger partial charge < -0.3 is 19.2 Å². The fourth-order valence-corrected chi connectivity index (χ4v) is 4.07. The summed E-state index contributed by atoms with van der Waals surface area (Å²) in [6.45, 7) is 0.676. The second-order valence-electron chi connectivity index (χ2n) is 6.19. The van der Waals surface area contributed by atoms with Gasteiger partial charge in [0.2, 0.25) is 0 Å². The summed E-state index contributed by atoms with van der Waals surface area (Å²) in [4.78, 5) is 24.1. The van der Waals surface area contributed by atoms with Gasteiger partial charge in [-0.2, -0.15) is 4.98 Å². The molecular weight excluding hydrogens is 354 g/mol. The smallest absolute Gasteiger partial charge is 0.317 e. The van der Waals surface area contributed by atoms with E-state index in [-0.39, 0.29) is 12.6 Å². The molecule has 0 aliphatic heterocycles. The number of fused-ring (bicyclic) bond motifs is 1. The molecule has 3 heterocycles. The van der Waals surface area contributed by atoms with Crippen LogP contribution in [0.4, 0.5) is 4.79 Å². The van der Waals surface area contributed by atoms with Gasteiger partial charge in [-0.25, -0.2) is 9.78 Å². The van der Waals surface area contributed by atoms with Gasteiger partial charge >= 0.3 is 6.03 Å². The van der Waals surface area contributed by atoms with Gasteiger partial charge in [-0.1, -0.05) is 5.16 Å². The molecule has 0 spiro atoms. The molecule has 0 aromatic carbocycles. The quantitative estimate of drug-likeness (QED) is 0.738. The summed E-state index contributed by atoms with van der Waals surface area (Å²) in [5.41, 5.74) is 1.21. The molecule has 0 bridgehead atoms. The largest absolute Gasteiger partial charge is 0.459 e. The van der Waals surface area contributed by atoms with Crippen LogP contribution in [0, 0.1) is 0 Å². The number of furan rings is 1. The molecule has 0 saturated carbocycles. The van der Waals surface area contributed by atoms with Gasteiger partial charge in [0.15, 0.2) is 11.6 Å². The maximum Gasteiger partial charge on any atom is 0.317 e. The number of hydrogen-bond donors (Lipinski definition) is 1. The summed E-state index contributed by atoms with van der Waals surface area (Å²) < 4.78 is 10.3. The molecular formula is C17H19N5O3S. The van der Waals surface area contributed by atoms with E-state index in [9.17, 15) is 4.79 Å². The number of nitrogens with zero attached hydrogens (tertiary/aromatic N) is 4. The van der Waals surface area contributed by atoms with Crippen molar-refractivity contribution in [2.24, 2.45) is 0 Å². The molecule has 0 fully saturated rings. The first kappa shape index (κ1) is 16.8. The molecule has 9 heteroatoms. The van der Waals surface area contributed by atoms with Gasteiger partial charge in [-0.3, -0.25) is 0 Å². The first-order valence-electron chi connectivity index (χ1n) is 8.52. The standard InChI is InChI=1S/C17H19N5O3S/c1-22(10-15-19-11-5-2-3-7-13(11)26-15)17(23)18-9-14-20-16(25-21-14)12-6-4-8-24-12/h4,6,8H,2-3,5,7,9-10H2,1H3,(H,18,23). The van der Waals surface area contributed by atoms with Crippen LogP contribution < -0.4 is 5.32 Å². The summed E-state index contributed by atoms with van der Waals surface area (Å²) >= 11 is 1.71. The number of rotatable bonds is 5. The fraction of sp³-hybridized carbons (Fsp3) is 0.412. The van der Waals surface area contributed by atoms with E-state index in [4.69, 9.17) is 8.94 Å². The molecule has 8 nitrogen and oxygen atoms in total. The van der Waals surface area contributed by atoms with Crippen LogP contribution in [-0.2, 0) is 25.9 Å². The number of carbonyl (C=O) groups is 1.